The normalized spacial score (nSPS) is 14.3. The first-order valence-corrected chi connectivity index (χ1v) is 8.87. The van der Waals surface area contributed by atoms with E-state index in [1.165, 1.54) is 23.9 Å². The van der Waals surface area contributed by atoms with Crippen molar-refractivity contribution >= 4 is 11.8 Å². The van der Waals surface area contributed by atoms with Gasteiger partial charge in [-0.15, -0.1) is 0 Å². The fraction of sp³-hybridized carbons (Fsp3) is 0.350. The molecule has 1 aromatic heterocycles. The summed E-state index contributed by atoms with van der Waals surface area (Å²) in [7, 11) is 3.02. The SMILES string of the molecule is CNC(=O)c1cc(C(=O)NC2CC2)cn(C(C)c2cccc(OC)c2)c1=O. The smallest absolute Gasteiger partial charge is 0.264 e. The van der Waals surface area contributed by atoms with E-state index in [1.54, 1.807) is 7.11 Å². The summed E-state index contributed by atoms with van der Waals surface area (Å²) in [6.07, 6.45) is 3.42. The van der Waals surface area contributed by atoms with Gasteiger partial charge in [0.1, 0.15) is 11.3 Å². The van der Waals surface area contributed by atoms with Crippen LogP contribution in [0.15, 0.2) is 41.3 Å². The zero-order valence-electron chi connectivity index (χ0n) is 15.6. The van der Waals surface area contributed by atoms with Crippen LogP contribution in [0.4, 0.5) is 0 Å². The summed E-state index contributed by atoms with van der Waals surface area (Å²) >= 11 is 0. The molecule has 1 aliphatic carbocycles. The molecule has 3 rings (SSSR count). The van der Waals surface area contributed by atoms with E-state index in [4.69, 9.17) is 4.74 Å². The number of pyridine rings is 1. The molecule has 2 amide bonds. The minimum atomic E-state index is -0.521. The average Bonchev–Trinajstić information content (AvgIpc) is 3.50. The molecule has 142 valence electrons. The first kappa shape index (κ1) is 18.7. The largest absolute Gasteiger partial charge is 0.497 e. The Bertz CT molecular complexity index is 931. The zero-order valence-corrected chi connectivity index (χ0v) is 15.6. The molecule has 1 saturated carbocycles. The first-order valence-electron chi connectivity index (χ1n) is 8.87. The van der Waals surface area contributed by atoms with Crippen LogP contribution in [-0.4, -0.2) is 36.6 Å². The summed E-state index contributed by atoms with van der Waals surface area (Å²) in [6.45, 7) is 1.84. The maximum absolute atomic E-state index is 12.9. The standard InChI is InChI=1S/C20H23N3O4/c1-12(13-5-4-6-16(9-13)27-3)23-11-14(18(24)22-15-7-8-15)10-17(20(23)26)19(25)21-2/h4-6,9-12,15H,7-8H2,1-3H3,(H,21,25)(H,22,24). The Morgan fingerprint density at radius 2 is 1.96 bits per heavy atom. The van der Waals surface area contributed by atoms with Crippen LogP contribution in [-0.2, 0) is 0 Å². The molecule has 0 aliphatic heterocycles. The zero-order chi connectivity index (χ0) is 19.6. The van der Waals surface area contributed by atoms with Gasteiger partial charge in [-0.05, 0) is 43.5 Å². The first-order chi connectivity index (χ1) is 12.9. The lowest BCUT2D eigenvalue weighted by Gasteiger charge is -2.19. The molecule has 1 unspecified atom stereocenters. The van der Waals surface area contributed by atoms with E-state index < -0.39 is 11.5 Å². The summed E-state index contributed by atoms with van der Waals surface area (Å²) in [5.74, 6) is -0.136. The van der Waals surface area contributed by atoms with E-state index in [2.05, 4.69) is 10.6 Å². The Morgan fingerprint density at radius 1 is 1.22 bits per heavy atom. The van der Waals surface area contributed by atoms with E-state index in [-0.39, 0.29) is 29.1 Å². The summed E-state index contributed by atoms with van der Waals surface area (Å²) in [4.78, 5) is 37.6. The van der Waals surface area contributed by atoms with Crippen LogP contribution >= 0.6 is 0 Å². The molecule has 1 heterocycles. The summed E-state index contributed by atoms with van der Waals surface area (Å²) < 4.78 is 6.67. The lowest BCUT2D eigenvalue weighted by atomic mass is 10.1. The van der Waals surface area contributed by atoms with Crippen molar-refractivity contribution in [3.8, 4) is 5.75 Å². The number of methoxy groups -OCH3 is 1. The van der Waals surface area contributed by atoms with Gasteiger partial charge in [0.15, 0.2) is 0 Å². The third-order valence-electron chi connectivity index (χ3n) is 4.68. The van der Waals surface area contributed by atoms with Gasteiger partial charge >= 0.3 is 0 Å². The molecule has 0 saturated heterocycles. The minimum Gasteiger partial charge on any atom is -0.497 e. The number of nitrogens with one attached hydrogen (secondary N) is 2. The molecule has 1 atom stereocenters. The third-order valence-corrected chi connectivity index (χ3v) is 4.68. The molecule has 0 radical (unpaired) electrons. The number of hydrogen-bond acceptors (Lipinski definition) is 4. The van der Waals surface area contributed by atoms with Crippen molar-refractivity contribution in [1.82, 2.24) is 15.2 Å². The van der Waals surface area contributed by atoms with E-state index in [0.29, 0.717) is 5.75 Å². The van der Waals surface area contributed by atoms with Crippen LogP contribution in [0, 0.1) is 0 Å². The quantitative estimate of drug-likeness (QED) is 0.811. The lowest BCUT2D eigenvalue weighted by molar-refractivity contribution is 0.0950. The van der Waals surface area contributed by atoms with Crippen LogP contribution in [0.1, 0.15) is 52.1 Å². The van der Waals surface area contributed by atoms with Crippen LogP contribution in [0.25, 0.3) is 0 Å². The van der Waals surface area contributed by atoms with E-state index in [1.807, 2.05) is 31.2 Å². The summed E-state index contributed by atoms with van der Waals surface area (Å²) in [6, 6.07) is 8.49. The molecule has 2 N–H and O–H groups in total. The van der Waals surface area contributed by atoms with Gasteiger partial charge in [-0.2, -0.15) is 0 Å². The number of nitrogens with zero attached hydrogens (tertiary/aromatic N) is 1. The van der Waals surface area contributed by atoms with Crippen molar-refractivity contribution in [2.45, 2.75) is 31.8 Å². The molecular formula is C20H23N3O4. The number of benzene rings is 1. The fourth-order valence-corrected chi connectivity index (χ4v) is 2.87. The monoisotopic (exact) mass is 369 g/mol. The van der Waals surface area contributed by atoms with Gasteiger partial charge in [0.25, 0.3) is 17.4 Å². The highest BCUT2D eigenvalue weighted by atomic mass is 16.5. The molecular weight excluding hydrogens is 346 g/mol. The van der Waals surface area contributed by atoms with Gasteiger partial charge in [0.2, 0.25) is 0 Å². The third kappa shape index (κ3) is 4.02. The van der Waals surface area contributed by atoms with Gasteiger partial charge in [-0.3, -0.25) is 14.4 Å². The number of aromatic nitrogens is 1. The Labute approximate surface area is 157 Å². The van der Waals surface area contributed by atoms with Crippen molar-refractivity contribution in [3.05, 3.63) is 63.6 Å². The molecule has 1 fully saturated rings. The topological polar surface area (TPSA) is 89.4 Å². The molecule has 1 aromatic carbocycles. The second kappa shape index (κ2) is 7.65. The summed E-state index contributed by atoms with van der Waals surface area (Å²) in [5.41, 5.74) is 0.609. The van der Waals surface area contributed by atoms with Crippen molar-refractivity contribution in [2.24, 2.45) is 0 Å². The van der Waals surface area contributed by atoms with Crippen LogP contribution in [0.2, 0.25) is 0 Å². The lowest BCUT2D eigenvalue weighted by Crippen LogP contribution is -2.35. The molecule has 7 nitrogen and oxygen atoms in total. The number of amides is 2. The van der Waals surface area contributed by atoms with Crippen LogP contribution in [0.3, 0.4) is 0 Å². The fourth-order valence-electron chi connectivity index (χ4n) is 2.87. The Kier molecular flexibility index (Phi) is 5.30. The molecule has 7 heteroatoms. The number of carbonyl (C=O) groups is 2. The predicted molar refractivity (Wildman–Crippen MR) is 101 cm³/mol. The number of ether oxygens (including phenoxy) is 1. The van der Waals surface area contributed by atoms with Crippen molar-refractivity contribution in [2.75, 3.05) is 14.2 Å². The van der Waals surface area contributed by atoms with Crippen molar-refractivity contribution < 1.29 is 14.3 Å². The molecule has 27 heavy (non-hydrogen) atoms. The molecule has 0 bridgehead atoms. The number of carbonyl (C=O) groups excluding carboxylic acids is 2. The Morgan fingerprint density at radius 3 is 2.59 bits per heavy atom. The predicted octanol–water partition coefficient (Wildman–Crippen LogP) is 1.72. The van der Waals surface area contributed by atoms with Crippen LogP contribution < -0.4 is 20.9 Å². The summed E-state index contributed by atoms with van der Waals surface area (Å²) in [5, 5.41) is 5.35. The Balaban J connectivity index is 2.07. The maximum atomic E-state index is 12.9. The van der Waals surface area contributed by atoms with Crippen molar-refractivity contribution in [3.63, 3.8) is 0 Å². The van der Waals surface area contributed by atoms with E-state index >= 15 is 0 Å². The van der Waals surface area contributed by atoms with Crippen LogP contribution in [0.5, 0.6) is 5.75 Å². The second-order valence-electron chi connectivity index (χ2n) is 6.63. The van der Waals surface area contributed by atoms with Gasteiger partial charge < -0.3 is 19.9 Å². The highest BCUT2D eigenvalue weighted by molar-refractivity contribution is 5.99. The molecule has 0 spiro atoms. The van der Waals surface area contributed by atoms with E-state index in [9.17, 15) is 14.4 Å². The van der Waals surface area contributed by atoms with Gasteiger partial charge in [0.05, 0.1) is 18.7 Å². The second-order valence-corrected chi connectivity index (χ2v) is 6.63. The van der Waals surface area contributed by atoms with Crippen molar-refractivity contribution in [1.29, 1.82) is 0 Å². The molecule has 1 aliphatic rings. The minimum absolute atomic E-state index is 0.0595. The molecule has 2 aromatic rings. The Hall–Kier alpha value is -3.09. The highest BCUT2D eigenvalue weighted by Crippen LogP contribution is 2.23. The average molecular weight is 369 g/mol. The van der Waals surface area contributed by atoms with Gasteiger partial charge in [0, 0.05) is 19.3 Å². The maximum Gasteiger partial charge on any atom is 0.264 e. The number of rotatable bonds is 6. The van der Waals surface area contributed by atoms with Gasteiger partial charge in [-0.25, -0.2) is 0 Å². The van der Waals surface area contributed by atoms with E-state index in [0.717, 1.165) is 18.4 Å². The number of hydrogen-bond donors (Lipinski definition) is 2. The highest BCUT2D eigenvalue weighted by Gasteiger charge is 2.26. The van der Waals surface area contributed by atoms with Gasteiger partial charge in [-0.1, -0.05) is 12.1 Å².